The first kappa shape index (κ1) is 15.4. The van der Waals surface area contributed by atoms with E-state index in [0.717, 1.165) is 0 Å². The average Bonchev–Trinajstić information content (AvgIpc) is 2.37. The number of aryl methyl sites for hydroxylation is 1. The lowest BCUT2D eigenvalue weighted by atomic mass is 9.97. The molecule has 7 nitrogen and oxygen atoms in total. The van der Waals surface area contributed by atoms with Crippen LogP contribution in [0.2, 0.25) is 0 Å². The Balaban J connectivity index is 3.07. The number of aliphatic hydroxyl groups excluding tert-OH is 2. The highest BCUT2D eigenvalue weighted by molar-refractivity contribution is 5.59. The lowest BCUT2D eigenvalue weighted by molar-refractivity contribution is -0.385. The summed E-state index contributed by atoms with van der Waals surface area (Å²) >= 11 is 0. The van der Waals surface area contributed by atoms with Crippen LogP contribution in [-0.4, -0.2) is 34.8 Å². The number of non-ortho nitro benzene ring substituents is 1. The van der Waals surface area contributed by atoms with E-state index in [1.165, 1.54) is 12.1 Å². The Bertz CT molecular complexity index is 465. The van der Waals surface area contributed by atoms with E-state index < -0.39 is 17.1 Å². The van der Waals surface area contributed by atoms with Gasteiger partial charge < -0.3 is 21.3 Å². The van der Waals surface area contributed by atoms with Crippen molar-refractivity contribution in [2.45, 2.75) is 25.6 Å². The second-order valence-corrected chi connectivity index (χ2v) is 4.43. The van der Waals surface area contributed by atoms with Crippen LogP contribution in [-0.2, 0) is 0 Å². The zero-order chi connectivity index (χ0) is 14.6. The number of nitrogens with zero attached hydrogens (tertiary/aromatic N) is 1. The van der Waals surface area contributed by atoms with Crippen LogP contribution in [0.3, 0.4) is 0 Å². The number of nitro groups is 1. The molecule has 7 heteroatoms. The SMILES string of the molecule is CNCCC(O)C(O)c1cc([N+](=O)[O-])cc(C)c1N. The van der Waals surface area contributed by atoms with E-state index in [4.69, 9.17) is 5.73 Å². The molecule has 19 heavy (non-hydrogen) atoms. The third-order valence-corrected chi connectivity index (χ3v) is 2.99. The minimum Gasteiger partial charge on any atom is -0.398 e. The van der Waals surface area contributed by atoms with Gasteiger partial charge in [0.25, 0.3) is 5.69 Å². The molecule has 1 aromatic rings. The number of rotatable bonds is 6. The van der Waals surface area contributed by atoms with E-state index in [1.54, 1.807) is 14.0 Å². The van der Waals surface area contributed by atoms with Crippen molar-refractivity contribution in [2.75, 3.05) is 19.3 Å². The Morgan fingerprint density at radius 2 is 2.11 bits per heavy atom. The van der Waals surface area contributed by atoms with E-state index >= 15 is 0 Å². The first-order valence-electron chi connectivity index (χ1n) is 5.93. The van der Waals surface area contributed by atoms with Crippen LogP contribution < -0.4 is 11.1 Å². The van der Waals surface area contributed by atoms with Crippen molar-refractivity contribution in [3.63, 3.8) is 0 Å². The van der Waals surface area contributed by atoms with Crippen molar-refractivity contribution in [2.24, 2.45) is 0 Å². The van der Waals surface area contributed by atoms with Crippen LogP contribution in [0.5, 0.6) is 0 Å². The van der Waals surface area contributed by atoms with Crippen LogP contribution in [0.4, 0.5) is 11.4 Å². The summed E-state index contributed by atoms with van der Waals surface area (Å²) in [7, 11) is 1.73. The summed E-state index contributed by atoms with van der Waals surface area (Å²) in [6.45, 7) is 2.14. The summed E-state index contributed by atoms with van der Waals surface area (Å²) in [5.74, 6) is 0. The summed E-state index contributed by atoms with van der Waals surface area (Å²) in [4.78, 5) is 10.2. The molecule has 1 aromatic carbocycles. The van der Waals surface area contributed by atoms with Gasteiger partial charge in [0.15, 0.2) is 0 Å². The molecular formula is C12H19N3O4. The first-order valence-corrected chi connectivity index (χ1v) is 5.93. The van der Waals surface area contributed by atoms with Gasteiger partial charge in [-0.3, -0.25) is 10.1 Å². The van der Waals surface area contributed by atoms with E-state index in [9.17, 15) is 20.3 Å². The first-order chi connectivity index (χ1) is 8.88. The molecule has 0 heterocycles. The molecular weight excluding hydrogens is 250 g/mol. The molecule has 0 aliphatic carbocycles. The smallest absolute Gasteiger partial charge is 0.270 e. The number of anilines is 1. The molecule has 0 bridgehead atoms. The van der Waals surface area contributed by atoms with Gasteiger partial charge >= 0.3 is 0 Å². The van der Waals surface area contributed by atoms with Gasteiger partial charge in [-0.15, -0.1) is 0 Å². The van der Waals surface area contributed by atoms with Crippen LogP contribution in [0.1, 0.15) is 23.7 Å². The van der Waals surface area contributed by atoms with Crippen LogP contribution >= 0.6 is 0 Å². The van der Waals surface area contributed by atoms with Crippen LogP contribution in [0.25, 0.3) is 0 Å². The zero-order valence-electron chi connectivity index (χ0n) is 11.0. The Hall–Kier alpha value is -1.70. The largest absolute Gasteiger partial charge is 0.398 e. The fourth-order valence-corrected chi connectivity index (χ4v) is 1.81. The molecule has 0 fully saturated rings. The molecule has 0 amide bonds. The molecule has 2 unspecified atom stereocenters. The predicted molar refractivity (Wildman–Crippen MR) is 71.8 cm³/mol. The topological polar surface area (TPSA) is 122 Å². The van der Waals surface area contributed by atoms with Crippen molar-refractivity contribution in [3.05, 3.63) is 33.4 Å². The minimum absolute atomic E-state index is 0.151. The van der Waals surface area contributed by atoms with Gasteiger partial charge in [0, 0.05) is 23.4 Å². The van der Waals surface area contributed by atoms with Crippen molar-refractivity contribution in [1.29, 1.82) is 0 Å². The maximum absolute atomic E-state index is 10.8. The van der Waals surface area contributed by atoms with E-state index in [2.05, 4.69) is 5.32 Å². The van der Waals surface area contributed by atoms with E-state index in [-0.39, 0.29) is 16.9 Å². The Morgan fingerprint density at radius 1 is 1.47 bits per heavy atom. The van der Waals surface area contributed by atoms with Crippen molar-refractivity contribution >= 4 is 11.4 Å². The number of nitrogens with two attached hydrogens (primary N) is 1. The third-order valence-electron chi connectivity index (χ3n) is 2.99. The number of nitrogens with one attached hydrogen (secondary N) is 1. The summed E-state index contributed by atoms with van der Waals surface area (Å²) in [5, 5.41) is 33.5. The van der Waals surface area contributed by atoms with Gasteiger partial charge in [-0.25, -0.2) is 0 Å². The standard InChI is InChI=1S/C12H19N3O4/c1-7-5-8(15(18)19)6-9(11(7)13)12(17)10(16)3-4-14-2/h5-6,10,12,14,16-17H,3-4,13H2,1-2H3. The van der Waals surface area contributed by atoms with Gasteiger partial charge in [-0.05, 0) is 32.5 Å². The third kappa shape index (κ3) is 3.63. The predicted octanol–water partition coefficient (Wildman–Crippen LogP) is 0.489. The summed E-state index contributed by atoms with van der Waals surface area (Å²) in [6, 6.07) is 2.54. The second kappa shape index (κ2) is 6.46. The minimum atomic E-state index is -1.24. The summed E-state index contributed by atoms with van der Waals surface area (Å²) < 4.78 is 0. The highest BCUT2D eigenvalue weighted by Gasteiger charge is 2.23. The number of nitrogen functional groups attached to an aromatic ring is 1. The zero-order valence-corrected chi connectivity index (χ0v) is 11.0. The van der Waals surface area contributed by atoms with Gasteiger partial charge in [0.2, 0.25) is 0 Å². The Labute approximate surface area is 111 Å². The summed E-state index contributed by atoms with van der Waals surface area (Å²) in [5.41, 5.74) is 6.62. The fourth-order valence-electron chi connectivity index (χ4n) is 1.81. The average molecular weight is 269 g/mol. The highest BCUT2D eigenvalue weighted by atomic mass is 16.6. The molecule has 5 N–H and O–H groups in total. The van der Waals surface area contributed by atoms with E-state index in [1.807, 2.05) is 0 Å². The quantitative estimate of drug-likeness (QED) is 0.339. The molecule has 0 saturated heterocycles. The Kier molecular flexibility index (Phi) is 5.22. The maximum atomic E-state index is 10.8. The number of benzene rings is 1. The fraction of sp³-hybridized carbons (Fsp3) is 0.500. The normalized spacial score (nSPS) is 14.1. The molecule has 0 aromatic heterocycles. The van der Waals surface area contributed by atoms with Crippen molar-refractivity contribution < 1.29 is 15.1 Å². The number of aliphatic hydroxyl groups is 2. The van der Waals surface area contributed by atoms with E-state index in [0.29, 0.717) is 18.5 Å². The van der Waals surface area contributed by atoms with Crippen molar-refractivity contribution in [1.82, 2.24) is 5.32 Å². The molecule has 2 atom stereocenters. The van der Waals surface area contributed by atoms with Crippen LogP contribution in [0.15, 0.2) is 12.1 Å². The van der Waals surface area contributed by atoms with Crippen molar-refractivity contribution in [3.8, 4) is 0 Å². The molecule has 1 rings (SSSR count). The second-order valence-electron chi connectivity index (χ2n) is 4.43. The molecule has 0 saturated carbocycles. The van der Waals surface area contributed by atoms with Gasteiger partial charge in [0.1, 0.15) is 6.10 Å². The maximum Gasteiger partial charge on any atom is 0.270 e. The monoisotopic (exact) mass is 269 g/mol. The molecule has 0 aliphatic heterocycles. The van der Waals surface area contributed by atoms with Gasteiger partial charge in [-0.2, -0.15) is 0 Å². The number of nitro benzene ring substituents is 1. The lowest BCUT2D eigenvalue weighted by Gasteiger charge is -2.20. The van der Waals surface area contributed by atoms with Crippen LogP contribution in [0, 0.1) is 17.0 Å². The molecule has 106 valence electrons. The number of hydrogen-bond donors (Lipinski definition) is 4. The Morgan fingerprint density at radius 3 is 2.63 bits per heavy atom. The summed E-state index contributed by atoms with van der Waals surface area (Å²) in [6.07, 6.45) is -1.96. The molecule has 0 spiro atoms. The van der Waals surface area contributed by atoms with Gasteiger partial charge in [-0.1, -0.05) is 0 Å². The molecule has 0 aliphatic rings. The lowest BCUT2D eigenvalue weighted by Crippen LogP contribution is -2.24. The van der Waals surface area contributed by atoms with Gasteiger partial charge in [0.05, 0.1) is 11.0 Å². The highest BCUT2D eigenvalue weighted by Crippen LogP contribution is 2.31. The molecule has 0 radical (unpaired) electrons. The number of hydrogen-bond acceptors (Lipinski definition) is 6.